The number of amides is 1. The molecule has 2 aromatic rings. The third-order valence-corrected chi connectivity index (χ3v) is 2.78. The minimum atomic E-state index is -0.545. The molecule has 6 nitrogen and oxygen atoms in total. The van der Waals surface area contributed by atoms with Crippen LogP contribution in [0.1, 0.15) is 18.8 Å². The van der Waals surface area contributed by atoms with Crippen LogP contribution in [0, 0.1) is 11.3 Å². The number of rotatable bonds is 3. The van der Waals surface area contributed by atoms with Crippen LogP contribution < -0.4 is 11.1 Å². The maximum atomic E-state index is 12.1. The van der Waals surface area contributed by atoms with Gasteiger partial charge in [0, 0.05) is 12.4 Å². The number of nitrogens with zero attached hydrogens (tertiary/aromatic N) is 3. The lowest BCUT2D eigenvalue weighted by Crippen LogP contribution is -2.24. The Kier molecular flexibility index (Phi) is 3.48. The molecular weight excluding hydrogens is 242 g/mol. The van der Waals surface area contributed by atoms with Gasteiger partial charge in [-0.1, -0.05) is 12.1 Å². The second kappa shape index (κ2) is 5.23. The van der Waals surface area contributed by atoms with Crippen LogP contribution in [-0.4, -0.2) is 15.5 Å². The molecule has 0 aliphatic rings. The number of nitrogen functional groups attached to an aromatic ring is 1. The molecular formula is C13H13N5O. The van der Waals surface area contributed by atoms with Crippen LogP contribution in [0.2, 0.25) is 0 Å². The Morgan fingerprint density at radius 2 is 2.26 bits per heavy atom. The fraction of sp³-hybridized carbons (Fsp3) is 0.154. The highest BCUT2D eigenvalue weighted by Gasteiger charge is 2.18. The number of nitrogens with two attached hydrogens (primary N) is 1. The zero-order valence-electron chi connectivity index (χ0n) is 10.4. The molecule has 2 rings (SSSR count). The molecule has 0 aliphatic carbocycles. The molecule has 0 radical (unpaired) electrons. The van der Waals surface area contributed by atoms with Gasteiger partial charge in [0.15, 0.2) is 0 Å². The van der Waals surface area contributed by atoms with E-state index in [-0.39, 0.29) is 11.7 Å². The number of hydrogen-bond acceptors (Lipinski definition) is 4. The van der Waals surface area contributed by atoms with Crippen molar-refractivity contribution in [3.63, 3.8) is 0 Å². The van der Waals surface area contributed by atoms with Crippen molar-refractivity contribution in [2.75, 3.05) is 11.1 Å². The van der Waals surface area contributed by atoms with Gasteiger partial charge in [-0.3, -0.25) is 4.79 Å². The average Bonchev–Trinajstić information content (AvgIpc) is 2.88. The molecule has 0 saturated heterocycles. The number of nitrogens with one attached hydrogen (secondary N) is 1. The number of para-hydroxylation sites is 2. The summed E-state index contributed by atoms with van der Waals surface area (Å²) < 4.78 is 1.51. The monoisotopic (exact) mass is 255 g/mol. The second-order valence-corrected chi connectivity index (χ2v) is 4.02. The molecule has 0 spiro atoms. The summed E-state index contributed by atoms with van der Waals surface area (Å²) in [6, 6.07) is 8.39. The Hall–Kier alpha value is -2.81. The second-order valence-electron chi connectivity index (χ2n) is 4.02. The van der Waals surface area contributed by atoms with Crippen molar-refractivity contribution in [1.82, 2.24) is 9.55 Å². The van der Waals surface area contributed by atoms with E-state index >= 15 is 0 Å². The van der Waals surface area contributed by atoms with Crippen LogP contribution in [0.5, 0.6) is 0 Å². The molecule has 1 atom stereocenters. The van der Waals surface area contributed by atoms with Crippen LogP contribution in [0.15, 0.2) is 36.7 Å². The van der Waals surface area contributed by atoms with E-state index in [1.54, 1.807) is 37.4 Å². The van der Waals surface area contributed by atoms with E-state index in [2.05, 4.69) is 10.3 Å². The maximum Gasteiger partial charge on any atom is 0.247 e. The van der Waals surface area contributed by atoms with E-state index in [9.17, 15) is 4.79 Å². The van der Waals surface area contributed by atoms with Gasteiger partial charge in [0.1, 0.15) is 12.1 Å². The number of hydrogen-bond donors (Lipinski definition) is 2. The van der Waals surface area contributed by atoms with Gasteiger partial charge >= 0.3 is 0 Å². The summed E-state index contributed by atoms with van der Waals surface area (Å²) in [5.41, 5.74) is 6.81. The smallest absolute Gasteiger partial charge is 0.247 e. The van der Waals surface area contributed by atoms with Crippen LogP contribution in [0.3, 0.4) is 0 Å². The summed E-state index contributed by atoms with van der Waals surface area (Å²) in [6.45, 7) is 1.69. The highest BCUT2D eigenvalue weighted by atomic mass is 16.2. The van der Waals surface area contributed by atoms with Gasteiger partial charge in [0.2, 0.25) is 11.7 Å². The number of nitriles is 1. The summed E-state index contributed by atoms with van der Waals surface area (Å²) in [5, 5.41) is 11.6. The Labute approximate surface area is 110 Å². The highest BCUT2D eigenvalue weighted by molar-refractivity contribution is 5.96. The lowest BCUT2D eigenvalue weighted by atomic mass is 10.2. The summed E-state index contributed by atoms with van der Waals surface area (Å²) >= 11 is 0. The minimum absolute atomic E-state index is 0.198. The summed E-state index contributed by atoms with van der Waals surface area (Å²) in [6.07, 6.45) is 3.08. The van der Waals surface area contributed by atoms with Gasteiger partial charge in [-0.05, 0) is 19.1 Å². The molecule has 19 heavy (non-hydrogen) atoms. The van der Waals surface area contributed by atoms with Crippen molar-refractivity contribution in [2.45, 2.75) is 13.0 Å². The fourth-order valence-corrected chi connectivity index (χ4v) is 1.69. The van der Waals surface area contributed by atoms with Crippen LogP contribution >= 0.6 is 0 Å². The first-order valence-electron chi connectivity index (χ1n) is 5.71. The van der Waals surface area contributed by atoms with Gasteiger partial charge in [0.25, 0.3) is 0 Å². The van der Waals surface area contributed by atoms with E-state index in [4.69, 9.17) is 11.0 Å². The molecule has 3 N–H and O–H groups in total. The summed E-state index contributed by atoms with van der Waals surface area (Å²) in [7, 11) is 0. The number of anilines is 2. The van der Waals surface area contributed by atoms with Crippen LogP contribution in [0.25, 0.3) is 0 Å². The molecule has 1 aromatic carbocycles. The number of aromatic nitrogens is 2. The molecule has 6 heteroatoms. The zero-order valence-corrected chi connectivity index (χ0v) is 10.4. The van der Waals surface area contributed by atoms with Gasteiger partial charge in [0.05, 0.1) is 11.4 Å². The van der Waals surface area contributed by atoms with E-state index in [0.717, 1.165) is 0 Å². The average molecular weight is 255 g/mol. The van der Waals surface area contributed by atoms with Crippen molar-refractivity contribution in [2.24, 2.45) is 0 Å². The molecule has 0 saturated carbocycles. The number of carbonyl (C=O) groups is 1. The Bertz CT molecular complexity index is 640. The predicted molar refractivity (Wildman–Crippen MR) is 71.1 cm³/mol. The maximum absolute atomic E-state index is 12.1. The van der Waals surface area contributed by atoms with E-state index in [0.29, 0.717) is 11.4 Å². The molecule has 1 unspecified atom stereocenters. The largest absolute Gasteiger partial charge is 0.397 e. The first-order chi connectivity index (χ1) is 9.13. The van der Waals surface area contributed by atoms with Gasteiger partial charge in [-0.2, -0.15) is 5.26 Å². The Balaban J connectivity index is 2.17. The van der Waals surface area contributed by atoms with Gasteiger partial charge in [-0.15, -0.1) is 0 Å². The van der Waals surface area contributed by atoms with E-state index < -0.39 is 6.04 Å². The van der Waals surface area contributed by atoms with Gasteiger partial charge in [-0.25, -0.2) is 4.98 Å². The molecule has 0 bridgehead atoms. The van der Waals surface area contributed by atoms with Gasteiger partial charge < -0.3 is 15.6 Å². The fourth-order valence-electron chi connectivity index (χ4n) is 1.69. The Morgan fingerprint density at radius 3 is 2.95 bits per heavy atom. The van der Waals surface area contributed by atoms with Crippen LogP contribution in [-0.2, 0) is 4.79 Å². The van der Waals surface area contributed by atoms with Crippen molar-refractivity contribution in [3.8, 4) is 6.07 Å². The normalized spacial score (nSPS) is 11.6. The molecule has 0 aliphatic heterocycles. The number of benzene rings is 1. The highest BCUT2D eigenvalue weighted by Crippen LogP contribution is 2.19. The first kappa shape index (κ1) is 12.6. The third-order valence-electron chi connectivity index (χ3n) is 2.78. The van der Waals surface area contributed by atoms with E-state index in [1.165, 1.54) is 10.8 Å². The summed E-state index contributed by atoms with van der Waals surface area (Å²) in [4.78, 5) is 16.0. The Morgan fingerprint density at radius 1 is 1.53 bits per heavy atom. The summed E-state index contributed by atoms with van der Waals surface area (Å²) in [5.74, 6) is -0.0592. The van der Waals surface area contributed by atoms with Crippen molar-refractivity contribution in [1.29, 1.82) is 5.26 Å². The zero-order chi connectivity index (χ0) is 13.8. The predicted octanol–water partition coefficient (Wildman–Crippen LogP) is 1.54. The molecule has 96 valence electrons. The standard InChI is InChI=1S/C13H13N5O/c1-9(18-7-6-16-12(18)8-14)13(19)17-11-5-3-2-4-10(11)15/h2-7,9H,15H2,1H3,(H,17,19). The van der Waals surface area contributed by atoms with E-state index in [1.807, 2.05) is 6.07 Å². The molecule has 1 aromatic heterocycles. The topological polar surface area (TPSA) is 96.7 Å². The van der Waals surface area contributed by atoms with Crippen molar-refractivity contribution < 1.29 is 4.79 Å². The first-order valence-corrected chi connectivity index (χ1v) is 5.71. The molecule has 0 fully saturated rings. The lowest BCUT2D eigenvalue weighted by Gasteiger charge is -2.15. The minimum Gasteiger partial charge on any atom is -0.397 e. The quantitative estimate of drug-likeness (QED) is 0.813. The molecule has 1 amide bonds. The number of carbonyl (C=O) groups excluding carboxylic acids is 1. The lowest BCUT2D eigenvalue weighted by molar-refractivity contribution is -0.118. The number of imidazole rings is 1. The van der Waals surface area contributed by atoms with Crippen LogP contribution in [0.4, 0.5) is 11.4 Å². The SMILES string of the molecule is CC(C(=O)Nc1ccccc1N)n1ccnc1C#N. The molecule has 1 heterocycles. The van der Waals surface area contributed by atoms with Crippen molar-refractivity contribution in [3.05, 3.63) is 42.5 Å². The van der Waals surface area contributed by atoms with Crippen molar-refractivity contribution >= 4 is 17.3 Å². The third kappa shape index (κ3) is 2.55.